The van der Waals surface area contributed by atoms with Crippen LogP contribution in [0.25, 0.3) is 0 Å². The van der Waals surface area contributed by atoms with Gasteiger partial charge < -0.3 is 19.9 Å². The van der Waals surface area contributed by atoms with Gasteiger partial charge in [-0.2, -0.15) is 5.26 Å². The van der Waals surface area contributed by atoms with E-state index in [0.717, 1.165) is 24.8 Å². The van der Waals surface area contributed by atoms with Gasteiger partial charge in [0.1, 0.15) is 24.5 Å². The standard InChI is InChI=1S/C31H40N2O5.ClH/c1-21(2)13-30(36)38-27(20-37-28-16-22(10-12-29(34)35)9-11-26(28)18-32)19-33-31(3,4)17-23-14-24-7-5-6-8-25(24)15-23;/h5-9,11,16,21,23,27,33H,10,12-15,17,19-20H2,1-4H3,(H,34,35);1H/t27-;/m0./s1. The van der Waals surface area contributed by atoms with E-state index in [1.54, 1.807) is 18.2 Å². The van der Waals surface area contributed by atoms with Gasteiger partial charge in [0.05, 0.1) is 5.56 Å². The maximum absolute atomic E-state index is 12.5. The molecule has 0 bridgehead atoms. The summed E-state index contributed by atoms with van der Waals surface area (Å²) in [6, 6.07) is 15.8. The van der Waals surface area contributed by atoms with E-state index in [0.29, 0.717) is 36.6 Å². The molecule has 0 amide bonds. The minimum absolute atomic E-state index is 0. The zero-order valence-corrected chi connectivity index (χ0v) is 24.2. The van der Waals surface area contributed by atoms with Crippen LogP contribution in [0.2, 0.25) is 0 Å². The molecule has 39 heavy (non-hydrogen) atoms. The maximum Gasteiger partial charge on any atom is 0.306 e. The van der Waals surface area contributed by atoms with Gasteiger partial charge in [0.2, 0.25) is 0 Å². The van der Waals surface area contributed by atoms with Crippen molar-refractivity contribution in [2.45, 2.75) is 77.9 Å². The molecule has 0 fully saturated rings. The Hall–Kier alpha value is -3.08. The molecule has 2 aromatic carbocycles. The highest BCUT2D eigenvalue weighted by atomic mass is 35.5. The third-order valence-electron chi connectivity index (χ3n) is 6.83. The summed E-state index contributed by atoms with van der Waals surface area (Å²) in [5.41, 5.74) is 3.81. The number of nitrogens with one attached hydrogen (secondary N) is 1. The molecule has 2 N–H and O–H groups in total. The van der Waals surface area contributed by atoms with Crippen molar-refractivity contribution in [2.24, 2.45) is 11.8 Å². The molecule has 0 aromatic heterocycles. The minimum atomic E-state index is -0.885. The number of hydrogen-bond donors (Lipinski definition) is 2. The minimum Gasteiger partial charge on any atom is -0.488 e. The highest BCUT2D eigenvalue weighted by Crippen LogP contribution is 2.32. The normalized spacial score (nSPS) is 13.7. The number of carbonyl (C=O) groups is 2. The molecular weight excluding hydrogens is 516 g/mol. The smallest absolute Gasteiger partial charge is 0.306 e. The molecule has 8 heteroatoms. The number of aliphatic carboxylic acids is 1. The average molecular weight is 557 g/mol. The van der Waals surface area contributed by atoms with E-state index in [9.17, 15) is 14.9 Å². The summed E-state index contributed by atoms with van der Waals surface area (Å²) in [6.45, 7) is 8.77. The molecule has 0 unspecified atom stereocenters. The molecule has 212 valence electrons. The van der Waals surface area contributed by atoms with Crippen molar-refractivity contribution in [2.75, 3.05) is 13.2 Å². The number of carboxylic acid groups (broad SMARTS) is 1. The number of nitrogens with zero attached hydrogens (tertiary/aromatic N) is 1. The molecule has 0 saturated carbocycles. The van der Waals surface area contributed by atoms with Gasteiger partial charge in [-0.25, -0.2) is 0 Å². The van der Waals surface area contributed by atoms with Gasteiger partial charge in [-0.1, -0.05) is 44.2 Å². The summed E-state index contributed by atoms with van der Waals surface area (Å²) >= 11 is 0. The second-order valence-corrected chi connectivity index (χ2v) is 11.4. The van der Waals surface area contributed by atoms with Crippen molar-refractivity contribution in [1.82, 2.24) is 5.32 Å². The summed E-state index contributed by atoms with van der Waals surface area (Å²) in [6.07, 6.45) is 3.24. The number of carbonyl (C=O) groups excluding carboxylic acids is 1. The van der Waals surface area contributed by atoms with Gasteiger partial charge in [0.25, 0.3) is 0 Å². The monoisotopic (exact) mass is 556 g/mol. The highest BCUT2D eigenvalue weighted by molar-refractivity contribution is 5.85. The number of rotatable bonds is 14. The van der Waals surface area contributed by atoms with Crippen molar-refractivity contribution in [3.05, 3.63) is 64.7 Å². The Kier molecular flexibility index (Phi) is 12.3. The fraction of sp³-hybridized carbons (Fsp3) is 0.516. The van der Waals surface area contributed by atoms with Gasteiger partial charge in [-0.05, 0) is 80.2 Å². The second kappa shape index (κ2) is 14.9. The summed E-state index contributed by atoms with van der Waals surface area (Å²) < 4.78 is 11.8. The van der Waals surface area contributed by atoms with Gasteiger partial charge >= 0.3 is 11.9 Å². The van der Waals surface area contributed by atoms with Crippen LogP contribution < -0.4 is 10.1 Å². The van der Waals surface area contributed by atoms with Crippen LogP contribution in [0, 0.1) is 23.2 Å². The zero-order valence-electron chi connectivity index (χ0n) is 23.4. The first-order valence-corrected chi connectivity index (χ1v) is 13.4. The number of aryl methyl sites for hydroxylation is 1. The first-order valence-electron chi connectivity index (χ1n) is 13.4. The molecule has 0 spiro atoms. The Bertz CT molecular complexity index is 1130. The van der Waals surface area contributed by atoms with Crippen LogP contribution in [0.4, 0.5) is 0 Å². The van der Waals surface area contributed by atoms with Gasteiger partial charge in [-0.15, -0.1) is 12.4 Å². The molecule has 1 aliphatic rings. The Morgan fingerprint density at radius 1 is 1.15 bits per heavy atom. The van der Waals surface area contributed by atoms with Crippen LogP contribution in [-0.2, 0) is 33.6 Å². The summed E-state index contributed by atoms with van der Waals surface area (Å²) in [7, 11) is 0. The molecule has 2 aromatic rings. The summed E-state index contributed by atoms with van der Waals surface area (Å²) in [4.78, 5) is 23.5. The molecule has 0 saturated heterocycles. The number of fused-ring (bicyclic) bond motifs is 1. The third-order valence-corrected chi connectivity index (χ3v) is 6.83. The second-order valence-electron chi connectivity index (χ2n) is 11.4. The van der Waals surface area contributed by atoms with Crippen molar-refractivity contribution >= 4 is 24.3 Å². The van der Waals surface area contributed by atoms with E-state index < -0.39 is 12.1 Å². The molecule has 1 aliphatic carbocycles. The van der Waals surface area contributed by atoms with Crippen molar-refractivity contribution in [1.29, 1.82) is 5.26 Å². The number of esters is 1. The Labute approximate surface area is 238 Å². The lowest BCUT2D eigenvalue weighted by atomic mass is 9.88. The number of nitriles is 1. The Balaban J connectivity index is 0.00000533. The lowest BCUT2D eigenvalue weighted by Gasteiger charge is -2.31. The number of halogens is 1. The van der Waals surface area contributed by atoms with Crippen molar-refractivity contribution in [3.63, 3.8) is 0 Å². The van der Waals surface area contributed by atoms with Crippen molar-refractivity contribution in [3.8, 4) is 11.8 Å². The lowest BCUT2D eigenvalue weighted by molar-refractivity contribution is -0.151. The van der Waals surface area contributed by atoms with E-state index in [2.05, 4.69) is 49.5 Å². The van der Waals surface area contributed by atoms with Crippen LogP contribution in [0.3, 0.4) is 0 Å². The van der Waals surface area contributed by atoms with E-state index in [1.807, 2.05) is 13.8 Å². The fourth-order valence-electron chi connectivity index (χ4n) is 5.05. The fourth-order valence-corrected chi connectivity index (χ4v) is 5.05. The van der Waals surface area contributed by atoms with E-state index >= 15 is 0 Å². The van der Waals surface area contributed by atoms with E-state index in [4.69, 9.17) is 14.6 Å². The largest absolute Gasteiger partial charge is 0.488 e. The van der Waals surface area contributed by atoms with Crippen LogP contribution in [0.15, 0.2) is 42.5 Å². The van der Waals surface area contributed by atoms with E-state index in [-0.39, 0.29) is 42.9 Å². The SMILES string of the molecule is CC(C)CC(=O)O[C@@H](CNC(C)(C)CC1Cc2ccccc2C1)COc1cc(CCC(=O)O)ccc1C#N.Cl. The highest BCUT2D eigenvalue weighted by Gasteiger charge is 2.29. The number of carboxylic acids is 1. The molecule has 3 rings (SSSR count). The quantitative estimate of drug-likeness (QED) is 0.295. The van der Waals surface area contributed by atoms with Crippen molar-refractivity contribution < 1.29 is 24.2 Å². The third kappa shape index (κ3) is 10.5. The lowest BCUT2D eigenvalue weighted by Crippen LogP contribution is -2.47. The van der Waals surface area contributed by atoms with Crippen LogP contribution >= 0.6 is 12.4 Å². The molecule has 1 atom stereocenters. The predicted molar refractivity (Wildman–Crippen MR) is 153 cm³/mol. The number of hydrogen-bond acceptors (Lipinski definition) is 6. The topological polar surface area (TPSA) is 109 Å². The predicted octanol–water partition coefficient (Wildman–Crippen LogP) is 5.51. The summed E-state index contributed by atoms with van der Waals surface area (Å²) in [5.74, 6) is -0.0732. The molecular formula is C31H41ClN2O5. The summed E-state index contributed by atoms with van der Waals surface area (Å²) in [5, 5.41) is 22.1. The Morgan fingerprint density at radius 3 is 2.41 bits per heavy atom. The number of ether oxygens (including phenoxy) is 2. The molecule has 0 aliphatic heterocycles. The molecule has 0 heterocycles. The van der Waals surface area contributed by atoms with Crippen LogP contribution in [0.5, 0.6) is 5.75 Å². The average Bonchev–Trinajstić information content (AvgIpc) is 3.25. The van der Waals surface area contributed by atoms with Gasteiger partial charge in [-0.3, -0.25) is 9.59 Å². The first kappa shape index (κ1) is 32.1. The van der Waals surface area contributed by atoms with Gasteiger partial charge in [0, 0.05) is 24.9 Å². The molecule has 7 nitrogen and oxygen atoms in total. The Morgan fingerprint density at radius 2 is 1.82 bits per heavy atom. The maximum atomic E-state index is 12.5. The van der Waals surface area contributed by atoms with E-state index in [1.165, 1.54) is 11.1 Å². The van der Waals surface area contributed by atoms with Crippen LogP contribution in [-0.4, -0.2) is 41.8 Å². The first-order chi connectivity index (χ1) is 18.0. The van der Waals surface area contributed by atoms with Crippen LogP contribution in [0.1, 0.15) is 69.2 Å². The molecule has 0 radical (unpaired) electrons. The number of benzene rings is 2. The van der Waals surface area contributed by atoms with Gasteiger partial charge in [0.15, 0.2) is 0 Å². The zero-order chi connectivity index (χ0) is 27.7.